The van der Waals surface area contributed by atoms with Crippen LogP contribution in [0.1, 0.15) is 0 Å². The molecule has 0 aliphatic carbocycles. The third-order valence-electron chi connectivity index (χ3n) is 1.35. The molecule has 0 saturated heterocycles. The van der Waals surface area contributed by atoms with Gasteiger partial charge in [0, 0.05) is 16.9 Å². The van der Waals surface area contributed by atoms with E-state index in [4.69, 9.17) is 0 Å². The quantitative estimate of drug-likeness (QED) is 0.797. The highest BCUT2D eigenvalue weighted by atomic mass is 79.9. The molecule has 0 atom stereocenters. The van der Waals surface area contributed by atoms with Crippen LogP contribution in [0.2, 0.25) is 0 Å². The number of halogens is 4. The maximum Gasteiger partial charge on any atom is 0.405 e. The van der Waals surface area contributed by atoms with Crippen molar-refractivity contribution in [1.82, 2.24) is 0 Å². The zero-order chi connectivity index (χ0) is 10.1. The van der Waals surface area contributed by atoms with Crippen LogP contribution < -0.4 is 4.90 Å². The fourth-order valence-electron chi connectivity index (χ4n) is 0.850. The minimum atomic E-state index is -4.15. The van der Waals surface area contributed by atoms with Crippen LogP contribution >= 0.6 is 27.3 Å². The van der Waals surface area contributed by atoms with Crippen molar-refractivity contribution in [2.24, 2.45) is 0 Å². The number of thiophene rings is 1. The zero-order valence-corrected chi connectivity index (χ0v) is 9.13. The molecule has 74 valence electrons. The van der Waals surface area contributed by atoms with Crippen LogP contribution in [0.5, 0.6) is 0 Å². The first-order valence-corrected chi connectivity index (χ1v) is 5.08. The van der Waals surface area contributed by atoms with Gasteiger partial charge in [0.05, 0.1) is 5.00 Å². The summed E-state index contributed by atoms with van der Waals surface area (Å²) in [6.45, 7) is -0.917. The number of anilines is 1. The topological polar surface area (TPSA) is 3.24 Å². The van der Waals surface area contributed by atoms with Crippen LogP contribution in [0, 0.1) is 0 Å². The molecule has 1 heterocycles. The second-order valence-corrected chi connectivity index (χ2v) is 4.38. The summed E-state index contributed by atoms with van der Waals surface area (Å²) >= 11 is 4.46. The molecule has 0 bridgehead atoms. The lowest BCUT2D eigenvalue weighted by molar-refractivity contribution is -0.119. The van der Waals surface area contributed by atoms with Gasteiger partial charge in [0.1, 0.15) is 6.54 Å². The molecule has 1 aromatic rings. The Kier molecular flexibility index (Phi) is 3.23. The molecule has 0 aliphatic heterocycles. The molecule has 6 heteroatoms. The van der Waals surface area contributed by atoms with Gasteiger partial charge in [-0.15, -0.1) is 11.3 Å². The van der Waals surface area contributed by atoms with E-state index in [9.17, 15) is 13.2 Å². The van der Waals surface area contributed by atoms with Crippen molar-refractivity contribution in [2.45, 2.75) is 6.18 Å². The van der Waals surface area contributed by atoms with E-state index in [2.05, 4.69) is 15.9 Å². The summed E-state index contributed by atoms with van der Waals surface area (Å²) < 4.78 is 36.7. The first-order chi connectivity index (χ1) is 5.88. The predicted molar refractivity (Wildman–Crippen MR) is 51.3 cm³/mol. The van der Waals surface area contributed by atoms with Gasteiger partial charge in [-0.05, 0) is 22.0 Å². The first-order valence-electron chi connectivity index (χ1n) is 3.40. The number of alkyl halides is 3. The highest BCUT2D eigenvalue weighted by molar-refractivity contribution is 9.10. The Balaban J connectivity index is 2.64. The Morgan fingerprint density at radius 3 is 2.54 bits per heavy atom. The van der Waals surface area contributed by atoms with Gasteiger partial charge in [-0.3, -0.25) is 0 Å². The van der Waals surface area contributed by atoms with Gasteiger partial charge in [0.25, 0.3) is 0 Å². The second-order valence-electron chi connectivity index (χ2n) is 2.57. The van der Waals surface area contributed by atoms with Crippen molar-refractivity contribution in [3.05, 3.63) is 15.9 Å². The van der Waals surface area contributed by atoms with Crippen molar-refractivity contribution < 1.29 is 13.2 Å². The summed E-state index contributed by atoms with van der Waals surface area (Å²) in [6.07, 6.45) is -4.15. The second kappa shape index (κ2) is 3.88. The van der Waals surface area contributed by atoms with E-state index in [-0.39, 0.29) is 0 Å². The first kappa shape index (κ1) is 10.8. The Morgan fingerprint density at radius 2 is 2.15 bits per heavy atom. The van der Waals surface area contributed by atoms with Crippen LogP contribution in [0.25, 0.3) is 0 Å². The van der Waals surface area contributed by atoms with Gasteiger partial charge in [-0.2, -0.15) is 13.2 Å². The Morgan fingerprint density at radius 1 is 1.54 bits per heavy atom. The summed E-state index contributed by atoms with van der Waals surface area (Å²) in [6, 6.07) is 1.66. The third kappa shape index (κ3) is 3.56. The highest BCUT2D eigenvalue weighted by Crippen LogP contribution is 2.29. The monoisotopic (exact) mass is 273 g/mol. The summed E-state index contributed by atoms with van der Waals surface area (Å²) in [7, 11) is 1.42. The van der Waals surface area contributed by atoms with E-state index in [1.54, 1.807) is 11.4 Å². The van der Waals surface area contributed by atoms with Gasteiger partial charge in [0.15, 0.2) is 0 Å². The Hall–Kier alpha value is -0.230. The molecule has 1 aromatic heterocycles. The fraction of sp³-hybridized carbons (Fsp3) is 0.429. The van der Waals surface area contributed by atoms with Crippen molar-refractivity contribution in [1.29, 1.82) is 0 Å². The molecule has 0 fully saturated rings. The standard InChI is InChI=1S/C7H7BrF3NS/c1-12(4-7(9,10)11)6-2-5(8)3-13-6/h2-3H,4H2,1H3. The molecule has 0 radical (unpaired) electrons. The minimum absolute atomic E-state index is 0.601. The minimum Gasteiger partial charge on any atom is -0.357 e. The highest BCUT2D eigenvalue weighted by Gasteiger charge is 2.29. The molecule has 0 aliphatic rings. The van der Waals surface area contributed by atoms with E-state index in [1.165, 1.54) is 23.3 Å². The van der Waals surface area contributed by atoms with Gasteiger partial charge in [-0.1, -0.05) is 0 Å². The summed E-state index contributed by atoms with van der Waals surface area (Å²) in [5.41, 5.74) is 0. The van der Waals surface area contributed by atoms with E-state index in [1.807, 2.05) is 0 Å². The normalized spacial score (nSPS) is 11.8. The predicted octanol–water partition coefficient (Wildman–Crippen LogP) is 3.51. The molecule has 1 nitrogen and oxygen atoms in total. The number of nitrogens with zero attached hydrogens (tertiary/aromatic N) is 1. The molecular formula is C7H7BrF3NS. The van der Waals surface area contributed by atoms with Crippen molar-refractivity contribution in [3.63, 3.8) is 0 Å². The summed E-state index contributed by atoms with van der Waals surface area (Å²) in [5, 5.41) is 2.35. The van der Waals surface area contributed by atoms with E-state index >= 15 is 0 Å². The number of hydrogen-bond acceptors (Lipinski definition) is 2. The molecular weight excluding hydrogens is 267 g/mol. The summed E-state index contributed by atoms with van der Waals surface area (Å²) in [5.74, 6) is 0. The van der Waals surface area contributed by atoms with Gasteiger partial charge < -0.3 is 4.90 Å². The maximum atomic E-state index is 11.9. The van der Waals surface area contributed by atoms with Crippen LogP contribution in [0.15, 0.2) is 15.9 Å². The van der Waals surface area contributed by atoms with Gasteiger partial charge in [-0.25, -0.2) is 0 Å². The van der Waals surface area contributed by atoms with E-state index in [0.717, 1.165) is 4.47 Å². The average Bonchev–Trinajstić information content (AvgIpc) is 2.31. The Labute approximate surface area is 86.3 Å². The number of rotatable bonds is 2. The van der Waals surface area contributed by atoms with Crippen molar-refractivity contribution in [2.75, 3.05) is 18.5 Å². The molecule has 0 spiro atoms. The fourth-order valence-corrected chi connectivity index (χ4v) is 2.24. The van der Waals surface area contributed by atoms with Crippen molar-refractivity contribution >= 4 is 32.3 Å². The lowest BCUT2D eigenvalue weighted by Crippen LogP contribution is -2.30. The van der Waals surface area contributed by atoms with Crippen molar-refractivity contribution in [3.8, 4) is 0 Å². The molecule has 0 aromatic carbocycles. The molecule has 13 heavy (non-hydrogen) atoms. The molecule has 1 rings (SSSR count). The SMILES string of the molecule is CN(CC(F)(F)F)c1cc(Br)cs1. The van der Waals surface area contributed by atoms with Crippen LogP contribution in [0.4, 0.5) is 18.2 Å². The lowest BCUT2D eigenvalue weighted by atomic mass is 10.5. The summed E-state index contributed by atoms with van der Waals surface area (Å²) in [4.78, 5) is 1.18. The van der Waals surface area contributed by atoms with Crippen LogP contribution in [-0.2, 0) is 0 Å². The smallest absolute Gasteiger partial charge is 0.357 e. The zero-order valence-electron chi connectivity index (χ0n) is 6.73. The maximum absolute atomic E-state index is 11.9. The average molecular weight is 274 g/mol. The van der Waals surface area contributed by atoms with Gasteiger partial charge >= 0.3 is 6.18 Å². The molecule has 0 unspecified atom stereocenters. The van der Waals surface area contributed by atoms with E-state index in [0.29, 0.717) is 5.00 Å². The van der Waals surface area contributed by atoms with Gasteiger partial charge in [0.2, 0.25) is 0 Å². The lowest BCUT2D eigenvalue weighted by Gasteiger charge is -2.18. The molecule has 0 amide bonds. The van der Waals surface area contributed by atoms with E-state index < -0.39 is 12.7 Å². The van der Waals surface area contributed by atoms with Crippen LogP contribution in [0.3, 0.4) is 0 Å². The molecule has 0 saturated carbocycles. The molecule has 0 N–H and O–H groups in total. The van der Waals surface area contributed by atoms with Crippen LogP contribution in [-0.4, -0.2) is 19.8 Å². The third-order valence-corrected chi connectivity index (χ3v) is 3.15. The number of hydrogen-bond donors (Lipinski definition) is 0. The largest absolute Gasteiger partial charge is 0.405 e. The Bertz CT molecular complexity index is 284.